The molecule has 0 spiro atoms. The van der Waals surface area contributed by atoms with Gasteiger partial charge in [0.1, 0.15) is 0 Å². The van der Waals surface area contributed by atoms with Crippen LogP contribution in [-0.2, 0) is 4.79 Å². The van der Waals surface area contributed by atoms with E-state index in [2.05, 4.69) is 52.6 Å². The number of amides is 1. The van der Waals surface area contributed by atoms with Crippen LogP contribution in [0.5, 0.6) is 0 Å². The van der Waals surface area contributed by atoms with Crippen LogP contribution in [0.3, 0.4) is 0 Å². The largest absolute Gasteiger partial charge is 0.356 e. The van der Waals surface area contributed by atoms with Gasteiger partial charge in [-0.15, -0.1) is 0 Å². The van der Waals surface area contributed by atoms with Crippen molar-refractivity contribution in [1.29, 1.82) is 0 Å². The SMILES string of the molecule is CC(C)(C)C(C)(C)CNC(=O)CCS. The standard InChI is InChI=1S/C11H23NOS/c1-10(2,3)11(4,5)8-12-9(13)6-7-14/h14H,6-8H2,1-5H3,(H,12,13). The number of hydrogen-bond acceptors (Lipinski definition) is 2. The molecule has 3 heteroatoms. The predicted octanol–water partition coefficient (Wildman–Crippen LogP) is 2.49. The summed E-state index contributed by atoms with van der Waals surface area (Å²) in [4.78, 5) is 11.3. The normalized spacial score (nSPS) is 12.7. The van der Waals surface area contributed by atoms with Gasteiger partial charge in [0.15, 0.2) is 0 Å². The summed E-state index contributed by atoms with van der Waals surface area (Å²) in [6.07, 6.45) is 0.503. The number of rotatable bonds is 4. The Morgan fingerprint density at radius 3 is 2.07 bits per heavy atom. The van der Waals surface area contributed by atoms with Crippen molar-refractivity contribution in [1.82, 2.24) is 5.32 Å². The molecular weight excluding hydrogens is 194 g/mol. The fourth-order valence-electron chi connectivity index (χ4n) is 0.775. The number of nitrogens with one attached hydrogen (secondary N) is 1. The molecule has 2 nitrogen and oxygen atoms in total. The van der Waals surface area contributed by atoms with Crippen molar-refractivity contribution in [2.24, 2.45) is 10.8 Å². The van der Waals surface area contributed by atoms with Gasteiger partial charge < -0.3 is 5.32 Å². The van der Waals surface area contributed by atoms with E-state index < -0.39 is 0 Å². The van der Waals surface area contributed by atoms with Crippen molar-refractivity contribution in [2.45, 2.75) is 41.0 Å². The van der Waals surface area contributed by atoms with Gasteiger partial charge in [-0.25, -0.2) is 0 Å². The fourth-order valence-corrected chi connectivity index (χ4v) is 0.978. The maximum absolute atomic E-state index is 11.3. The van der Waals surface area contributed by atoms with Crippen LogP contribution in [0.15, 0.2) is 0 Å². The lowest BCUT2D eigenvalue weighted by molar-refractivity contribution is -0.121. The summed E-state index contributed by atoms with van der Waals surface area (Å²) in [6.45, 7) is 11.7. The Balaban J connectivity index is 4.06. The van der Waals surface area contributed by atoms with Crippen LogP contribution < -0.4 is 5.32 Å². The van der Waals surface area contributed by atoms with Crippen LogP contribution >= 0.6 is 12.6 Å². The predicted molar refractivity (Wildman–Crippen MR) is 64.7 cm³/mol. The van der Waals surface area contributed by atoms with E-state index in [0.29, 0.717) is 12.2 Å². The zero-order valence-electron chi connectivity index (χ0n) is 9.98. The van der Waals surface area contributed by atoms with Crippen molar-refractivity contribution in [3.05, 3.63) is 0 Å². The first-order valence-electron chi connectivity index (χ1n) is 5.08. The number of thiol groups is 1. The lowest BCUT2D eigenvalue weighted by Crippen LogP contribution is -2.41. The summed E-state index contributed by atoms with van der Waals surface area (Å²) in [6, 6.07) is 0. The first-order chi connectivity index (χ1) is 6.20. The summed E-state index contributed by atoms with van der Waals surface area (Å²) >= 11 is 4.02. The third-order valence-corrected chi connectivity index (χ3v) is 3.32. The van der Waals surface area contributed by atoms with Crippen molar-refractivity contribution < 1.29 is 4.79 Å². The Bertz CT molecular complexity index is 194. The molecule has 1 N–H and O–H groups in total. The summed E-state index contributed by atoms with van der Waals surface area (Å²) in [7, 11) is 0. The first-order valence-corrected chi connectivity index (χ1v) is 5.71. The van der Waals surface area contributed by atoms with Gasteiger partial charge in [0.25, 0.3) is 0 Å². The van der Waals surface area contributed by atoms with Crippen LogP contribution in [0.2, 0.25) is 0 Å². The Kier molecular flexibility index (Phi) is 4.99. The zero-order valence-corrected chi connectivity index (χ0v) is 10.9. The van der Waals surface area contributed by atoms with E-state index in [1.54, 1.807) is 0 Å². The van der Waals surface area contributed by atoms with E-state index in [1.807, 2.05) is 0 Å². The van der Waals surface area contributed by atoms with Crippen LogP contribution in [0.4, 0.5) is 0 Å². The molecule has 84 valence electrons. The zero-order chi connectivity index (χ0) is 11.4. The Hall–Kier alpha value is -0.180. The summed E-state index contributed by atoms with van der Waals surface area (Å²) < 4.78 is 0. The highest BCUT2D eigenvalue weighted by molar-refractivity contribution is 7.80. The maximum Gasteiger partial charge on any atom is 0.220 e. The van der Waals surface area contributed by atoms with Crippen LogP contribution in [0.25, 0.3) is 0 Å². The van der Waals surface area contributed by atoms with E-state index in [0.717, 1.165) is 6.54 Å². The molecule has 0 rings (SSSR count). The van der Waals surface area contributed by atoms with Gasteiger partial charge in [-0.3, -0.25) is 4.79 Å². The first kappa shape index (κ1) is 13.8. The molecular formula is C11H23NOS. The van der Waals surface area contributed by atoms with E-state index >= 15 is 0 Å². The molecule has 0 aromatic carbocycles. The summed E-state index contributed by atoms with van der Waals surface area (Å²) in [5.41, 5.74) is 0.306. The molecule has 0 bridgehead atoms. The molecule has 0 aromatic heterocycles. The molecule has 0 aliphatic heterocycles. The molecule has 0 radical (unpaired) electrons. The number of carbonyl (C=O) groups excluding carboxylic acids is 1. The molecule has 0 saturated carbocycles. The molecule has 0 fully saturated rings. The average Bonchev–Trinajstić information content (AvgIpc) is 1.99. The van der Waals surface area contributed by atoms with E-state index in [9.17, 15) is 4.79 Å². The molecule has 0 unspecified atom stereocenters. The topological polar surface area (TPSA) is 29.1 Å². The minimum atomic E-state index is 0.0947. The third-order valence-electron chi connectivity index (χ3n) is 3.10. The van der Waals surface area contributed by atoms with Gasteiger partial charge in [-0.1, -0.05) is 34.6 Å². The second-order valence-electron chi connectivity index (χ2n) is 5.38. The summed E-state index contributed by atoms with van der Waals surface area (Å²) in [5, 5.41) is 2.94. The molecule has 0 aliphatic rings. The van der Waals surface area contributed by atoms with Gasteiger partial charge in [0.2, 0.25) is 5.91 Å². The third kappa shape index (κ3) is 4.36. The lowest BCUT2D eigenvalue weighted by atomic mass is 9.69. The van der Waals surface area contributed by atoms with E-state index in [1.165, 1.54) is 0 Å². The minimum absolute atomic E-state index is 0.0947. The number of hydrogen-bond donors (Lipinski definition) is 2. The lowest BCUT2D eigenvalue weighted by Gasteiger charge is -2.38. The quantitative estimate of drug-likeness (QED) is 0.696. The smallest absolute Gasteiger partial charge is 0.220 e. The molecule has 0 saturated heterocycles. The van der Waals surface area contributed by atoms with Gasteiger partial charge in [-0.2, -0.15) is 12.6 Å². The highest BCUT2D eigenvalue weighted by Gasteiger charge is 2.32. The minimum Gasteiger partial charge on any atom is -0.356 e. The van der Waals surface area contributed by atoms with Crippen molar-refractivity contribution in [3.63, 3.8) is 0 Å². The van der Waals surface area contributed by atoms with Gasteiger partial charge in [0.05, 0.1) is 0 Å². The Labute approximate surface area is 93.3 Å². The Morgan fingerprint density at radius 2 is 1.71 bits per heavy atom. The maximum atomic E-state index is 11.3. The van der Waals surface area contributed by atoms with Gasteiger partial charge >= 0.3 is 0 Å². The van der Waals surface area contributed by atoms with Crippen LogP contribution in [0.1, 0.15) is 41.0 Å². The van der Waals surface area contributed by atoms with Crippen LogP contribution in [-0.4, -0.2) is 18.2 Å². The number of carbonyl (C=O) groups is 1. The van der Waals surface area contributed by atoms with Crippen molar-refractivity contribution in [2.75, 3.05) is 12.3 Å². The molecule has 0 atom stereocenters. The van der Waals surface area contributed by atoms with E-state index in [4.69, 9.17) is 0 Å². The molecule has 0 aromatic rings. The monoisotopic (exact) mass is 217 g/mol. The molecule has 14 heavy (non-hydrogen) atoms. The fraction of sp³-hybridized carbons (Fsp3) is 0.909. The van der Waals surface area contributed by atoms with E-state index in [-0.39, 0.29) is 16.7 Å². The highest BCUT2D eigenvalue weighted by Crippen LogP contribution is 2.36. The molecule has 0 heterocycles. The second-order valence-corrected chi connectivity index (χ2v) is 5.83. The second kappa shape index (κ2) is 5.06. The van der Waals surface area contributed by atoms with Crippen molar-refractivity contribution in [3.8, 4) is 0 Å². The average molecular weight is 217 g/mol. The van der Waals surface area contributed by atoms with Gasteiger partial charge in [0, 0.05) is 13.0 Å². The summed E-state index contributed by atoms with van der Waals surface area (Å²) in [5.74, 6) is 0.708. The van der Waals surface area contributed by atoms with Crippen LogP contribution in [0, 0.1) is 10.8 Å². The molecule has 0 aliphatic carbocycles. The van der Waals surface area contributed by atoms with Gasteiger partial charge in [-0.05, 0) is 16.6 Å². The Morgan fingerprint density at radius 1 is 1.21 bits per heavy atom. The molecule has 1 amide bonds. The van der Waals surface area contributed by atoms with Crippen molar-refractivity contribution >= 4 is 18.5 Å². The highest BCUT2D eigenvalue weighted by atomic mass is 32.1.